The lowest BCUT2D eigenvalue weighted by Crippen LogP contribution is -2.01. The third-order valence-corrected chi connectivity index (χ3v) is 2.51. The Kier molecular flexibility index (Phi) is 3.78. The Hall–Kier alpha value is -1.36. The van der Waals surface area contributed by atoms with Gasteiger partial charge in [-0.2, -0.15) is 0 Å². The van der Waals surface area contributed by atoms with Crippen LogP contribution in [0.1, 0.15) is 5.69 Å². The molecular weight excluding hydrogens is 261 g/mol. The number of halogens is 2. The molecule has 0 saturated carbocycles. The molecule has 2 aromatic rings. The first-order chi connectivity index (χ1) is 8.19. The minimum Gasteiger partial charge on any atom is -0.436 e. The van der Waals surface area contributed by atoms with E-state index in [1.54, 1.807) is 24.4 Å². The number of aromatic nitrogens is 2. The topological polar surface area (TPSA) is 61.0 Å². The van der Waals surface area contributed by atoms with Crippen LogP contribution in [0.15, 0.2) is 30.6 Å². The molecule has 1 heterocycles. The minimum atomic E-state index is 0.304. The summed E-state index contributed by atoms with van der Waals surface area (Å²) in [4.78, 5) is 8.11. The predicted molar refractivity (Wildman–Crippen MR) is 66.5 cm³/mol. The van der Waals surface area contributed by atoms with Crippen LogP contribution in [0.2, 0.25) is 10.0 Å². The molecule has 0 unspecified atom stereocenters. The van der Waals surface area contributed by atoms with Crippen LogP contribution in [0.5, 0.6) is 11.6 Å². The molecule has 0 aliphatic rings. The molecule has 0 bridgehead atoms. The molecule has 88 valence electrons. The summed E-state index contributed by atoms with van der Waals surface area (Å²) < 4.78 is 5.49. The first-order valence-electron chi connectivity index (χ1n) is 4.83. The number of ether oxygens (including phenoxy) is 1. The van der Waals surface area contributed by atoms with E-state index in [1.807, 2.05) is 0 Å². The van der Waals surface area contributed by atoms with Crippen molar-refractivity contribution in [3.05, 3.63) is 46.3 Å². The second-order valence-electron chi connectivity index (χ2n) is 3.23. The second-order valence-corrected chi connectivity index (χ2v) is 4.07. The molecule has 0 atom stereocenters. The Morgan fingerprint density at radius 2 is 2.06 bits per heavy atom. The van der Waals surface area contributed by atoms with Crippen LogP contribution < -0.4 is 10.5 Å². The molecule has 1 aromatic heterocycles. The lowest BCUT2D eigenvalue weighted by molar-refractivity contribution is 0.458. The fourth-order valence-corrected chi connectivity index (χ4v) is 1.65. The van der Waals surface area contributed by atoms with Gasteiger partial charge in [0.15, 0.2) is 0 Å². The maximum Gasteiger partial charge on any atom is 0.238 e. The Morgan fingerprint density at radius 3 is 2.76 bits per heavy atom. The molecule has 0 radical (unpaired) electrons. The largest absolute Gasteiger partial charge is 0.436 e. The number of hydrogen-bond donors (Lipinski definition) is 1. The van der Waals surface area contributed by atoms with E-state index in [4.69, 9.17) is 33.7 Å². The molecule has 4 nitrogen and oxygen atoms in total. The van der Waals surface area contributed by atoms with Crippen molar-refractivity contribution in [3.8, 4) is 11.6 Å². The standard InChI is InChI=1S/C11H9Cl2N3O/c12-7-1-2-10(9(13)3-7)17-11-6-15-5-8(4-14)16-11/h1-3,5-6H,4,14H2. The van der Waals surface area contributed by atoms with E-state index >= 15 is 0 Å². The molecule has 0 amide bonds. The number of hydrogen-bond acceptors (Lipinski definition) is 4. The molecule has 6 heteroatoms. The number of benzene rings is 1. The van der Waals surface area contributed by atoms with Gasteiger partial charge in [0, 0.05) is 17.8 Å². The van der Waals surface area contributed by atoms with Crippen molar-refractivity contribution < 1.29 is 4.74 Å². The van der Waals surface area contributed by atoms with Crippen LogP contribution in [0.3, 0.4) is 0 Å². The highest BCUT2D eigenvalue weighted by molar-refractivity contribution is 6.35. The summed E-state index contributed by atoms with van der Waals surface area (Å²) >= 11 is 11.8. The van der Waals surface area contributed by atoms with E-state index in [0.717, 1.165) is 0 Å². The highest BCUT2D eigenvalue weighted by Gasteiger charge is 2.05. The third-order valence-electron chi connectivity index (χ3n) is 1.98. The van der Waals surface area contributed by atoms with Crippen LogP contribution in [-0.2, 0) is 6.54 Å². The maximum atomic E-state index is 5.97. The van der Waals surface area contributed by atoms with Gasteiger partial charge < -0.3 is 10.5 Å². The van der Waals surface area contributed by atoms with Crippen LogP contribution >= 0.6 is 23.2 Å². The zero-order valence-electron chi connectivity index (χ0n) is 8.73. The van der Waals surface area contributed by atoms with E-state index in [0.29, 0.717) is 33.9 Å². The number of rotatable bonds is 3. The van der Waals surface area contributed by atoms with Crippen molar-refractivity contribution in [3.63, 3.8) is 0 Å². The minimum absolute atomic E-state index is 0.304. The van der Waals surface area contributed by atoms with Gasteiger partial charge in [0.25, 0.3) is 0 Å². The van der Waals surface area contributed by atoms with E-state index in [-0.39, 0.29) is 0 Å². The summed E-state index contributed by atoms with van der Waals surface area (Å²) in [6.07, 6.45) is 3.07. The first kappa shape index (κ1) is 12.1. The van der Waals surface area contributed by atoms with Gasteiger partial charge in [0.1, 0.15) is 5.75 Å². The number of nitrogens with two attached hydrogens (primary N) is 1. The second kappa shape index (κ2) is 5.31. The molecule has 0 spiro atoms. The van der Waals surface area contributed by atoms with Crippen molar-refractivity contribution in [2.24, 2.45) is 5.73 Å². The summed E-state index contributed by atoms with van der Waals surface area (Å²) in [5, 5.41) is 0.960. The number of nitrogens with zero attached hydrogens (tertiary/aromatic N) is 2. The average Bonchev–Trinajstić information content (AvgIpc) is 2.33. The molecule has 0 aliphatic carbocycles. The lowest BCUT2D eigenvalue weighted by atomic mass is 10.3. The van der Waals surface area contributed by atoms with Crippen LogP contribution in [0, 0.1) is 0 Å². The van der Waals surface area contributed by atoms with Crippen LogP contribution in [0.25, 0.3) is 0 Å². The van der Waals surface area contributed by atoms with E-state index in [1.165, 1.54) is 6.20 Å². The summed E-state index contributed by atoms with van der Waals surface area (Å²) in [5.41, 5.74) is 6.11. The lowest BCUT2D eigenvalue weighted by Gasteiger charge is -2.07. The van der Waals surface area contributed by atoms with Gasteiger partial charge in [-0.1, -0.05) is 23.2 Å². The van der Waals surface area contributed by atoms with E-state index in [9.17, 15) is 0 Å². The van der Waals surface area contributed by atoms with E-state index < -0.39 is 0 Å². The van der Waals surface area contributed by atoms with Crippen molar-refractivity contribution >= 4 is 23.2 Å². The summed E-state index contributed by atoms with van der Waals surface area (Å²) in [6.45, 7) is 0.304. The normalized spacial score (nSPS) is 10.3. The average molecular weight is 270 g/mol. The van der Waals surface area contributed by atoms with Crippen LogP contribution in [-0.4, -0.2) is 9.97 Å². The molecule has 2 rings (SSSR count). The summed E-state index contributed by atoms with van der Waals surface area (Å²) in [5.74, 6) is 0.816. The smallest absolute Gasteiger partial charge is 0.238 e. The van der Waals surface area contributed by atoms with Gasteiger partial charge in [-0.05, 0) is 18.2 Å². The van der Waals surface area contributed by atoms with Crippen molar-refractivity contribution in [1.29, 1.82) is 0 Å². The predicted octanol–water partition coefficient (Wildman–Crippen LogP) is 3.03. The van der Waals surface area contributed by atoms with Gasteiger partial charge in [0.05, 0.1) is 16.9 Å². The van der Waals surface area contributed by atoms with Gasteiger partial charge in [0.2, 0.25) is 5.88 Å². The zero-order chi connectivity index (χ0) is 12.3. The van der Waals surface area contributed by atoms with Gasteiger partial charge >= 0.3 is 0 Å². The first-order valence-corrected chi connectivity index (χ1v) is 5.58. The SMILES string of the molecule is NCc1cncc(Oc2ccc(Cl)cc2Cl)n1. The van der Waals surface area contributed by atoms with Gasteiger partial charge in [-0.3, -0.25) is 4.98 Å². The molecule has 0 fully saturated rings. The Labute approximate surface area is 108 Å². The highest BCUT2D eigenvalue weighted by atomic mass is 35.5. The van der Waals surface area contributed by atoms with E-state index in [2.05, 4.69) is 9.97 Å². The van der Waals surface area contributed by atoms with Gasteiger partial charge in [-0.25, -0.2) is 4.98 Å². The monoisotopic (exact) mass is 269 g/mol. The Morgan fingerprint density at radius 1 is 1.24 bits per heavy atom. The maximum absolute atomic E-state index is 5.97. The van der Waals surface area contributed by atoms with Crippen molar-refractivity contribution in [2.75, 3.05) is 0 Å². The zero-order valence-corrected chi connectivity index (χ0v) is 10.2. The third kappa shape index (κ3) is 3.06. The Balaban J connectivity index is 2.25. The van der Waals surface area contributed by atoms with Gasteiger partial charge in [-0.15, -0.1) is 0 Å². The van der Waals surface area contributed by atoms with Crippen LogP contribution in [0.4, 0.5) is 0 Å². The molecular formula is C11H9Cl2N3O. The fourth-order valence-electron chi connectivity index (χ4n) is 1.20. The molecule has 0 aliphatic heterocycles. The molecule has 17 heavy (non-hydrogen) atoms. The van der Waals surface area contributed by atoms with Crippen molar-refractivity contribution in [2.45, 2.75) is 6.54 Å². The van der Waals surface area contributed by atoms with Crippen molar-refractivity contribution in [1.82, 2.24) is 9.97 Å². The molecule has 1 aromatic carbocycles. The fraction of sp³-hybridized carbons (Fsp3) is 0.0909. The quantitative estimate of drug-likeness (QED) is 0.931. The summed E-state index contributed by atoms with van der Waals surface area (Å²) in [6, 6.07) is 4.95. The molecule has 0 saturated heterocycles. The summed E-state index contributed by atoms with van der Waals surface area (Å²) in [7, 11) is 0. The highest BCUT2D eigenvalue weighted by Crippen LogP contribution is 2.30. The molecule has 2 N–H and O–H groups in total. The Bertz CT molecular complexity index is 534.